The topological polar surface area (TPSA) is 45.2 Å². The van der Waals surface area contributed by atoms with Gasteiger partial charge in [-0.15, -0.1) is 0 Å². The molecule has 1 saturated heterocycles. The summed E-state index contributed by atoms with van der Waals surface area (Å²) in [7, 11) is 0. The van der Waals surface area contributed by atoms with E-state index in [1.807, 2.05) is 11.8 Å². The minimum atomic E-state index is 0.0472. The molecule has 1 aliphatic rings. The van der Waals surface area contributed by atoms with E-state index in [9.17, 15) is 4.79 Å². The molecule has 0 radical (unpaired) electrons. The van der Waals surface area contributed by atoms with E-state index < -0.39 is 0 Å². The fourth-order valence-electron chi connectivity index (χ4n) is 1.99. The van der Waals surface area contributed by atoms with Gasteiger partial charge in [-0.2, -0.15) is 0 Å². The van der Waals surface area contributed by atoms with Crippen molar-refractivity contribution < 1.29 is 4.79 Å². The number of hydrogen-bond donors (Lipinski definition) is 1. The van der Waals surface area contributed by atoms with Crippen LogP contribution in [0, 0.1) is 0 Å². The predicted octanol–water partition coefficient (Wildman–Crippen LogP) is 2.40. The second-order valence-electron chi connectivity index (χ2n) is 4.09. The third-order valence-corrected chi connectivity index (χ3v) is 2.99. The fraction of sp³-hybridized carbons (Fsp3) is 0.500. The Morgan fingerprint density at radius 2 is 2.18 bits per heavy atom. The number of nitrogens with zero attached hydrogens (tertiary/aromatic N) is 2. The number of carbonyl (C=O) groups excluding carboxylic acids is 1. The van der Waals surface area contributed by atoms with Crippen molar-refractivity contribution in [3.63, 3.8) is 0 Å². The highest BCUT2D eigenvalue weighted by molar-refractivity contribution is 6.29. The zero-order valence-corrected chi connectivity index (χ0v) is 10.6. The van der Waals surface area contributed by atoms with Gasteiger partial charge in [0, 0.05) is 25.2 Å². The zero-order valence-electron chi connectivity index (χ0n) is 9.87. The Balaban J connectivity index is 2.21. The second kappa shape index (κ2) is 5.36. The second-order valence-corrected chi connectivity index (χ2v) is 4.48. The number of anilines is 1. The van der Waals surface area contributed by atoms with Gasteiger partial charge in [-0.05, 0) is 31.9 Å². The van der Waals surface area contributed by atoms with Gasteiger partial charge in [-0.1, -0.05) is 11.6 Å². The van der Waals surface area contributed by atoms with Gasteiger partial charge in [0.2, 0.25) is 0 Å². The Morgan fingerprint density at radius 1 is 1.47 bits per heavy atom. The predicted molar refractivity (Wildman–Crippen MR) is 68.5 cm³/mol. The van der Waals surface area contributed by atoms with Crippen molar-refractivity contribution in [2.45, 2.75) is 19.8 Å². The molecular formula is C12H16ClN3O. The van der Waals surface area contributed by atoms with E-state index in [-0.39, 0.29) is 5.91 Å². The van der Waals surface area contributed by atoms with E-state index in [0.717, 1.165) is 32.5 Å². The first-order chi connectivity index (χ1) is 8.20. The first-order valence-electron chi connectivity index (χ1n) is 5.91. The Hall–Kier alpha value is -1.29. The van der Waals surface area contributed by atoms with Crippen LogP contribution in [0.1, 0.15) is 30.1 Å². The first-order valence-corrected chi connectivity index (χ1v) is 6.29. The van der Waals surface area contributed by atoms with Crippen LogP contribution in [0.4, 0.5) is 5.82 Å². The lowest BCUT2D eigenvalue weighted by Gasteiger charge is -2.15. The number of carbonyl (C=O) groups is 1. The molecule has 1 aliphatic heterocycles. The number of likely N-dealkylation sites (tertiary alicyclic amines) is 1. The highest BCUT2D eigenvalue weighted by Crippen LogP contribution is 2.18. The smallest absolute Gasteiger partial charge is 0.254 e. The van der Waals surface area contributed by atoms with Crippen LogP contribution in [-0.2, 0) is 0 Å². The van der Waals surface area contributed by atoms with Crippen LogP contribution in [0.25, 0.3) is 0 Å². The average molecular weight is 254 g/mol. The molecule has 0 spiro atoms. The Bertz CT molecular complexity index is 416. The molecule has 0 unspecified atom stereocenters. The van der Waals surface area contributed by atoms with Gasteiger partial charge in [0.05, 0.1) is 0 Å². The minimum Gasteiger partial charge on any atom is -0.370 e. The van der Waals surface area contributed by atoms with E-state index >= 15 is 0 Å². The van der Waals surface area contributed by atoms with Crippen LogP contribution in [-0.4, -0.2) is 35.4 Å². The van der Waals surface area contributed by atoms with Gasteiger partial charge in [0.15, 0.2) is 0 Å². The average Bonchev–Trinajstić information content (AvgIpc) is 2.81. The number of nitrogens with one attached hydrogen (secondary N) is 1. The Labute approximate surface area is 106 Å². The lowest BCUT2D eigenvalue weighted by Crippen LogP contribution is -2.27. The molecule has 0 bridgehead atoms. The third kappa shape index (κ3) is 2.88. The summed E-state index contributed by atoms with van der Waals surface area (Å²) in [5, 5.41) is 3.42. The molecule has 1 aromatic rings. The number of halogens is 1. The van der Waals surface area contributed by atoms with Crippen LogP contribution >= 0.6 is 11.6 Å². The van der Waals surface area contributed by atoms with Crippen LogP contribution in [0.3, 0.4) is 0 Å². The molecule has 0 aliphatic carbocycles. The zero-order chi connectivity index (χ0) is 12.3. The SMILES string of the molecule is CCNc1cc(C(=O)N2CCCC2)cc(Cl)n1. The molecule has 1 aromatic heterocycles. The van der Waals surface area contributed by atoms with E-state index in [1.165, 1.54) is 0 Å². The van der Waals surface area contributed by atoms with Crippen molar-refractivity contribution in [1.82, 2.24) is 9.88 Å². The van der Waals surface area contributed by atoms with Gasteiger partial charge < -0.3 is 10.2 Å². The third-order valence-electron chi connectivity index (χ3n) is 2.79. The largest absolute Gasteiger partial charge is 0.370 e. The summed E-state index contributed by atoms with van der Waals surface area (Å²) < 4.78 is 0. The molecule has 1 fully saturated rings. The molecule has 1 amide bonds. The summed E-state index contributed by atoms with van der Waals surface area (Å²) in [6.07, 6.45) is 2.18. The fourth-order valence-corrected chi connectivity index (χ4v) is 2.20. The van der Waals surface area contributed by atoms with Crippen molar-refractivity contribution in [2.75, 3.05) is 25.0 Å². The van der Waals surface area contributed by atoms with E-state index in [0.29, 0.717) is 16.5 Å². The van der Waals surface area contributed by atoms with E-state index in [1.54, 1.807) is 12.1 Å². The lowest BCUT2D eigenvalue weighted by atomic mass is 10.2. The number of aromatic nitrogens is 1. The summed E-state index contributed by atoms with van der Waals surface area (Å²) in [6.45, 7) is 4.42. The first kappa shape index (κ1) is 12.2. The van der Waals surface area contributed by atoms with Gasteiger partial charge in [-0.25, -0.2) is 4.98 Å². The van der Waals surface area contributed by atoms with Crippen LogP contribution in [0.5, 0.6) is 0 Å². The number of amides is 1. The summed E-state index contributed by atoms with van der Waals surface area (Å²) in [5.41, 5.74) is 0.614. The van der Waals surface area contributed by atoms with Crippen molar-refractivity contribution in [3.8, 4) is 0 Å². The molecule has 0 saturated carbocycles. The standard InChI is InChI=1S/C12H16ClN3O/c1-2-14-11-8-9(7-10(13)15-11)12(17)16-5-3-4-6-16/h7-8H,2-6H2,1H3,(H,14,15). The minimum absolute atomic E-state index is 0.0472. The maximum atomic E-state index is 12.2. The quantitative estimate of drug-likeness (QED) is 0.842. The maximum absolute atomic E-state index is 12.2. The number of rotatable bonds is 3. The van der Waals surface area contributed by atoms with E-state index in [2.05, 4.69) is 10.3 Å². The van der Waals surface area contributed by atoms with Gasteiger partial charge in [-0.3, -0.25) is 4.79 Å². The highest BCUT2D eigenvalue weighted by atomic mass is 35.5. The summed E-state index contributed by atoms with van der Waals surface area (Å²) in [5.74, 6) is 0.702. The van der Waals surface area contributed by atoms with Gasteiger partial charge in [0.1, 0.15) is 11.0 Å². The summed E-state index contributed by atoms with van der Waals surface area (Å²) in [6, 6.07) is 3.39. The van der Waals surface area contributed by atoms with Crippen molar-refractivity contribution in [2.24, 2.45) is 0 Å². The molecule has 0 aromatic carbocycles. The van der Waals surface area contributed by atoms with Gasteiger partial charge >= 0.3 is 0 Å². The summed E-state index contributed by atoms with van der Waals surface area (Å²) >= 11 is 5.91. The number of pyridine rings is 1. The Kier molecular flexibility index (Phi) is 3.84. The van der Waals surface area contributed by atoms with E-state index in [4.69, 9.17) is 11.6 Å². The molecule has 2 rings (SSSR count). The molecule has 2 heterocycles. The molecule has 92 valence electrons. The van der Waals surface area contributed by atoms with Crippen LogP contribution in [0.15, 0.2) is 12.1 Å². The Morgan fingerprint density at radius 3 is 2.82 bits per heavy atom. The van der Waals surface area contributed by atoms with Crippen molar-refractivity contribution >= 4 is 23.3 Å². The van der Waals surface area contributed by atoms with Crippen molar-refractivity contribution in [1.29, 1.82) is 0 Å². The molecule has 1 N–H and O–H groups in total. The van der Waals surface area contributed by atoms with Crippen LogP contribution < -0.4 is 5.32 Å². The maximum Gasteiger partial charge on any atom is 0.254 e. The molecular weight excluding hydrogens is 238 g/mol. The molecule has 0 atom stereocenters. The molecule has 4 nitrogen and oxygen atoms in total. The normalized spacial score (nSPS) is 15.1. The summed E-state index contributed by atoms with van der Waals surface area (Å²) in [4.78, 5) is 18.1. The highest BCUT2D eigenvalue weighted by Gasteiger charge is 2.20. The monoisotopic (exact) mass is 253 g/mol. The number of hydrogen-bond acceptors (Lipinski definition) is 3. The van der Waals surface area contributed by atoms with Crippen molar-refractivity contribution in [3.05, 3.63) is 22.8 Å². The van der Waals surface area contributed by atoms with Crippen LogP contribution in [0.2, 0.25) is 5.15 Å². The molecule has 17 heavy (non-hydrogen) atoms. The van der Waals surface area contributed by atoms with Gasteiger partial charge in [0.25, 0.3) is 5.91 Å². The molecule has 5 heteroatoms. The lowest BCUT2D eigenvalue weighted by molar-refractivity contribution is 0.0793.